The van der Waals surface area contributed by atoms with Crippen molar-refractivity contribution >= 4 is 78.6 Å². The molecule has 7 nitrogen and oxygen atoms in total. The highest BCUT2D eigenvalue weighted by Crippen LogP contribution is 2.36. The van der Waals surface area contributed by atoms with Crippen molar-refractivity contribution in [2.24, 2.45) is 0 Å². The lowest BCUT2D eigenvalue weighted by Gasteiger charge is -2.42. The predicted octanol–water partition coefficient (Wildman–Crippen LogP) is -6.48. The summed E-state index contributed by atoms with van der Waals surface area (Å²) in [6.07, 6.45) is 0.198. The summed E-state index contributed by atoms with van der Waals surface area (Å²) in [5.74, 6) is -0.431. The lowest BCUT2D eigenvalue weighted by Crippen LogP contribution is -2.63. The standard InChI is InChI=1S/C14H19B5N4O3/c1-4-21-9-7(6(20)2-5(15)8(9)16)10(24)23(4)14(19)3-13(17,18)11(25)22-12(14)26/h2H,3,15-20H2,1H3,(H,22,25,26). The van der Waals surface area contributed by atoms with Crippen molar-refractivity contribution in [2.45, 2.75) is 24.0 Å². The zero-order valence-electron chi connectivity index (χ0n) is 16.0. The molecule has 1 atom stereocenters. The van der Waals surface area contributed by atoms with Gasteiger partial charge in [0, 0.05) is 5.69 Å². The number of amides is 2. The number of anilines is 1. The Morgan fingerprint density at radius 1 is 1.19 bits per heavy atom. The number of aromatic nitrogens is 2. The number of carbonyl (C=O) groups excluding carboxylic acids is 2. The number of rotatable bonds is 1. The second-order valence-corrected chi connectivity index (χ2v) is 8.05. The summed E-state index contributed by atoms with van der Waals surface area (Å²) in [5.41, 5.74) is 7.25. The van der Waals surface area contributed by atoms with Gasteiger partial charge in [0.1, 0.15) is 45.1 Å². The van der Waals surface area contributed by atoms with Gasteiger partial charge in [-0.1, -0.05) is 10.9 Å². The van der Waals surface area contributed by atoms with Crippen LogP contribution in [-0.4, -0.2) is 60.6 Å². The number of imide groups is 1. The van der Waals surface area contributed by atoms with Crippen LogP contribution in [0.1, 0.15) is 12.2 Å². The summed E-state index contributed by atoms with van der Waals surface area (Å²) in [7, 11) is 8.98. The van der Waals surface area contributed by atoms with Gasteiger partial charge in [-0.15, -0.1) is 0 Å². The lowest BCUT2D eigenvalue weighted by atomic mass is 9.45. The minimum Gasteiger partial charge on any atom is -0.398 e. The van der Waals surface area contributed by atoms with E-state index >= 15 is 0 Å². The Hall–Kier alpha value is -2.38. The Balaban J connectivity index is 2.38. The molecule has 0 spiro atoms. The van der Waals surface area contributed by atoms with Crippen LogP contribution in [0.2, 0.25) is 5.21 Å². The van der Waals surface area contributed by atoms with E-state index in [2.05, 4.69) is 10.3 Å². The molecule has 2 heterocycles. The van der Waals surface area contributed by atoms with Gasteiger partial charge in [-0.25, -0.2) is 4.98 Å². The molecule has 1 aromatic carbocycles. The van der Waals surface area contributed by atoms with E-state index in [1.807, 2.05) is 15.7 Å². The highest BCUT2D eigenvalue weighted by atomic mass is 16.2. The molecule has 128 valence electrons. The first kappa shape index (κ1) is 18.4. The van der Waals surface area contributed by atoms with Crippen molar-refractivity contribution in [3.63, 3.8) is 0 Å². The van der Waals surface area contributed by atoms with E-state index in [0.717, 1.165) is 10.9 Å². The lowest BCUT2D eigenvalue weighted by molar-refractivity contribution is -0.138. The number of nitrogen functional groups attached to an aromatic ring is 1. The van der Waals surface area contributed by atoms with E-state index < -0.39 is 16.6 Å². The Kier molecular flexibility index (Phi) is 3.94. The number of benzene rings is 1. The molecular formula is C14H19B5N4O3. The van der Waals surface area contributed by atoms with Crippen molar-refractivity contribution in [1.82, 2.24) is 14.9 Å². The first-order chi connectivity index (χ1) is 11.9. The molecule has 0 bridgehead atoms. The number of hydrogen-bond donors (Lipinski definition) is 2. The van der Waals surface area contributed by atoms with E-state index in [4.69, 9.17) is 5.73 Å². The van der Waals surface area contributed by atoms with E-state index in [0.29, 0.717) is 22.4 Å². The molecule has 2 amide bonds. The van der Waals surface area contributed by atoms with Gasteiger partial charge in [-0.3, -0.25) is 24.3 Å². The van der Waals surface area contributed by atoms with Crippen molar-refractivity contribution < 1.29 is 9.59 Å². The van der Waals surface area contributed by atoms with Crippen LogP contribution in [0.5, 0.6) is 0 Å². The third-order valence-corrected chi connectivity index (χ3v) is 5.47. The molecule has 1 aromatic heterocycles. The zero-order chi connectivity index (χ0) is 19.6. The Morgan fingerprint density at radius 3 is 2.42 bits per heavy atom. The number of fused-ring (bicyclic) bond motifs is 1. The monoisotopic (exact) mass is 346 g/mol. The number of aryl methyl sites for hydroxylation is 1. The van der Waals surface area contributed by atoms with Crippen LogP contribution in [0.25, 0.3) is 10.9 Å². The van der Waals surface area contributed by atoms with E-state index in [9.17, 15) is 14.4 Å². The Bertz CT molecular complexity index is 1050. The number of nitrogens with zero attached hydrogens (tertiary/aromatic N) is 2. The number of nitrogens with two attached hydrogens (primary N) is 1. The molecule has 1 aliphatic rings. The maximum Gasteiger partial charge on any atom is 0.263 e. The molecule has 1 fully saturated rings. The fourth-order valence-electron chi connectivity index (χ4n) is 3.95. The molecule has 0 radical (unpaired) electrons. The summed E-state index contributed by atoms with van der Waals surface area (Å²) >= 11 is 0. The average Bonchev–Trinajstić information content (AvgIpc) is 2.50. The SMILES string of the molecule is Bc1cc(N)c2c(=O)n(C3(B)CC(B)(B)C(=O)NC3=O)c(C)nc2c1B. The third kappa shape index (κ3) is 2.42. The van der Waals surface area contributed by atoms with Crippen molar-refractivity contribution in [1.29, 1.82) is 0 Å². The molecule has 26 heavy (non-hydrogen) atoms. The van der Waals surface area contributed by atoms with Crippen LogP contribution in [-0.2, 0) is 15.0 Å². The number of nitrogens with one attached hydrogen (secondary N) is 1. The highest BCUT2D eigenvalue weighted by Gasteiger charge is 2.49. The first-order valence-corrected chi connectivity index (χ1v) is 8.55. The summed E-state index contributed by atoms with van der Waals surface area (Å²) in [6, 6.07) is 1.75. The largest absolute Gasteiger partial charge is 0.398 e. The Labute approximate surface area is 155 Å². The van der Waals surface area contributed by atoms with Gasteiger partial charge in [0.25, 0.3) is 5.56 Å². The molecule has 1 saturated heterocycles. The highest BCUT2D eigenvalue weighted by molar-refractivity contribution is 6.54. The summed E-state index contributed by atoms with van der Waals surface area (Å²) in [6.45, 7) is 1.70. The fourth-order valence-corrected chi connectivity index (χ4v) is 3.95. The average molecular weight is 345 g/mol. The second kappa shape index (κ2) is 5.56. The van der Waals surface area contributed by atoms with E-state index in [1.165, 1.54) is 4.57 Å². The molecule has 1 unspecified atom stereocenters. The Morgan fingerprint density at radius 2 is 1.81 bits per heavy atom. The topological polar surface area (TPSA) is 107 Å². The van der Waals surface area contributed by atoms with Crippen LogP contribution in [0.15, 0.2) is 10.9 Å². The molecule has 1 aliphatic heterocycles. The van der Waals surface area contributed by atoms with Crippen molar-refractivity contribution in [3.8, 4) is 0 Å². The maximum atomic E-state index is 13.4. The zero-order valence-corrected chi connectivity index (χ0v) is 16.0. The smallest absolute Gasteiger partial charge is 0.263 e. The molecule has 3 N–H and O–H groups in total. The molecule has 12 heteroatoms. The molecule has 2 aromatic rings. The van der Waals surface area contributed by atoms with Crippen LogP contribution in [0, 0.1) is 6.92 Å². The minimum absolute atomic E-state index is 0.198. The normalized spacial score (nSPS) is 22.3. The maximum absolute atomic E-state index is 13.4. The number of piperidine rings is 1. The van der Waals surface area contributed by atoms with Crippen LogP contribution in [0.3, 0.4) is 0 Å². The van der Waals surface area contributed by atoms with Gasteiger partial charge in [0.15, 0.2) is 0 Å². The summed E-state index contributed by atoms with van der Waals surface area (Å²) < 4.78 is 1.38. The van der Waals surface area contributed by atoms with Gasteiger partial charge in [-0.05, 0) is 24.6 Å². The third-order valence-electron chi connectivity index (χ3n) is 5.47. The van der Waals surface area contributed by atoms with E-state index in [-0.39, 0.29) is 17.9 Å². The van der Waals surface area contributed by atoms with Crippen molar-refractivity contribution in [2.75, 3.05) is 5.73 Å². The number of carbonyl (C=O) groups is 2. The van der Waals surface area contributed by atoms with Crippen LogP contribution >= 0.6 is 0 Å². The predicted molar refractivity (Wildman–Crippen MR) is 116 cm³/mol. The number of hydrogen-bond acceptors (Lipinski definition) is 5. The molecular weight excluding hydrogens is 326 g/mol. The molecule has 0 saturated carbocycles. The van der Waals surface area contributed by atoms with Gasteiger partial charge < -0.3 is 5.73 Å². The first-order valence-electron chi connectivity index (χ1n) is 8.55. The summed E-state index contributed by atoms with van der Waals surface area (Å²) in [4.78, 5) is 42.8. The summed E-state index contributed by atoms with van der Waals surface area (Å²) in [5, 5.41) is 1.91. The van der Waals surface area contributed by atoms with Gasteiger partial charge >= 0.3 is 0 Å². The van der Waals surface area contributed by atoms with Crippen LogP contribution < -0.4 is 27.5 Å². The molecule has 0 aliphatic carbocycles. The van der Waals surface area contributed by atoms with Gasteiger partial charge in [0.05, 0.1) is 16.3 Å². The van der Waals surface area contributed by atoms with Crippen LogP contribution in [0.4, 0.5) is 5.69 Å². The van der Waals surface area contributed by atoms with Gasteiger partial charge in [-0.2, -0.15) is 0 Å². The second-order valence-electron chi connectivity index (χ2n) is 8.05. The fraction of sp³-hybridized carbons (Fsp3) is 0.286. The quantitative estimate of drug-likeness (QED) is 0.304. The molecule has 3 rings (SSSR count). The minimum atomic E-state index is -1.23. The van der Waals surface area contributed by atoms with E-state index in [1.54, 1.807) is 36.5 Å². The van der Waals surface area contributed by atoms with Crippen molar-refractivity contribution in [3.05, 3.63) is 22.2 Å². The van der Waals surface area contributed by atoms with Gasteiger partial charge in [0.2, 0.25) is 11.8 Å².